The summed E-state index contributed by atoms with van der Waals surface area (Å²) in [7, 11) is 4.65. The molecule has 2 aromatic rings. The van der Waals surface area contributed by atoms with Gasteiger partial charge in [0.25, 0.3) is 0 Å². The smallest absolute Gasteiger partial charge is 0.244 e. The van der Waals surface area contributed by atoms with Crippen molar-refractivity contribution in [1.82, 2.24) is 5.32 Å². The average molecular weight is 420 g/mol. The summed E-state index contributed by atoms with van der Waals surface area (Å²) < 4.78 is 16.9. The fourth-order valence-electron chi connectivity index (χ4n) is 2.54. The van der Waals surface area contributed by atoms with Gasteiger partial charge in [-0.05, 0) is 42.3 Å². The van der Waals surface area contributed by atoms with E-state index in [1.54, 1.807) is 39.5 Å². The van der Waals surface area contributed by atoms with Crippen LogP contribution in [-0.4, -0.2) is 27.2 Å². The minimum atomic E-state index is -0.193. The molecule has 5 nitrogen and oxygen atoms in total. The van der Waals surface area contributed by atoms with Crippen LogP contribution >= 0.6 is 15.9 Å². The summed E-state index contributed by atoms with van der Waals surface area (Å²) in [6.07, 6.45) is 3.18. The van der Waals surface area contributed by atoms with E-state index in [4.69, 9.17) is 14.2 Å². The number of carbonyl (C=O) groups is 1. The maximum Gasteiger partial charge on any atom is 0.244 e. The van der Waals surface area contributed by atoms with Crippen molar-refractivity contribution in [3.63, 3.8) is 0 Å². The number of ether oxygens (including phenoxy) is 3. The third-order valence-electron chi connectivity index (χ3n) is 3.84. The Morgan fingerprint density at radius 2 is 1.69 bits per heavy atom. The van der Waals surface area contributed by atoms with Crippen LogP contribution in [0.15, 0.2) is 46.9 Å². The largest absolute Gasteiger partial charge is 0.493 e. The number of halogens is 1. The summed E-state index contributed by atoms with van der Waals surface area (Å²) in [6, 6.07) is 11.2. The van der Waals surface area contributed by atoms with E-state index in [0.29, 0.717) is 17.2 Å². The molecule has 0 fully saturated rings. The van der Waals surface area contributed by atoms with Crippen molar-refractivity contribution in [3.8, 4) is 17.2 Å². The lowest BCUT2D eigenvalue weighted by Crippen LogP contribution is -2.24. The number of methoxy groups -OCH3 is 3. The van der Waals surface area contributed by atoms with E-state index < -0.39 is 0 Å². The fourth-order valence-corrected chi connectivity index (χ4v) is 3.16. The van der Waals surface area contributed by atoms with E-state index in [0.717, 1.165) is 15.6 Å². The van der Waals surface area contributed by atoms with Gasteiger partial charge in [-0.1, -0.05) is 34.1 Å². The maximum absolute atomic E-state index is 12.2. The Hall–Kier alpha value is -2.47. The molecular formula is C20H22BrNO4. The molecule has 1 N–H and O–H groups in total. The Balaban J connectivity index is 2.14. The number of amides is 1. The predicted octanol–water partition coefficient (Wildman–Crippen LogP) is 4.37. The number of hydrogen-bond donors (Lipinski definition) is 1. The Kier molecular flexibility index (Phi) is 7.09. The molecule has 0 saturated carbocycles. The SMILES string of the molecule is COc1cc(/C=C/C(=O)NC(C)c2ccccc2Br)cc(OC)c1OC. The molecule has 0 aliphatic rings. The first kappa shape index (κ1) is 19.8. The number of nitrogens with one attached hydrogen (secondary N) is 1. The monoisotopic (exact) mass is 419 g/mol. The second-order valence-corrected chi connectivity index (χ2v) is 6.40. The quantitative estimate of drug-likeness (QED) is 0.677. The minimum Gasteiger partial charge on any atom is -0.493 e. The molecule has 1 amide bonds. The van der Waals surface area contributed by atoms with Crippen molar-refractivity contribution < 1.29 is 19.0 Å². The van der Waals surface area contributed by atoms with Crippen molar-refractivity contribution in [1.29, 1.82) is 0 Å². The first-order valence-electron chi connectivity index (χ1n) is 8.03. The molecule has 0 saturated heterocycles. The van der Waals surface area contributed by atoms with Gasteiger partial charge in [0.15, 0.2) is 11.5 Å². The summed E-state index contributed by atoms with van der Waals surface area (Å²) in [5, 5.41) is 2.94. The molecule has 0 radical (unpaired) electrons. The van der Waals surface area contributed by atoms with E-state index in [9.17, 15) is 4.79 Å². The van der Waals surface area contributed by atoms with Crippen LogP contribution in [-0.2, 0) is 4.79 Å². The van der Waals surface area contributed by atoms with Gasteiger partial charge in [0.05, 0.1) is 27.4 Å². The van der Waals surface area contributed by atoms with E-state index in [2.05, 4.69) is 21.2 Å². The van der Waals surface area contributed by atoms with Crippen LogP contribution in [0.3, 0.4) is 0 Å². The lowest BCUT2D eigenvalue weighted by molar-refractivity contribution is -0.117. The molecule has 0 spiro atoms. The zero-order valence-electron chi connectivity index (χ0n) is 15.2. The summed E-state index contributed by atoms with van der Waals surface area (Å²) >= 11 is 3.50. The van der Waals surface area contributed by atoms with Gasteiger partial charge >= 0.3 is 0 Å². The highest BCUT2D eigenvalue weighted by Crippen LogP contribution is 2.38. The summed E-state index contributed by atoms with van der Waals surface area (Å²) in [5.41, 5.74) is 1.78. The van der Waals surface area contributed by atoms with Crippen LogP contribution in [0.1, 0.15) is 24.1 Å². The maximum atomic E-state index is 12.2. The van der Waals surface area contributed by atoms with Crippen LogP contribution in [0.5, 0.6) is 17.2 Å². The van der Waals surface area contributed by atoms with Crippen molar-refractivity contribution in [2.24, 2.45) is 0 Å². The molecule has 0 aliphatic carbocycles. The lowest BCUT2D eigenvalue weighted by atomic mass is 10.1. The van der Waals surface area contributed by atoms with Gasteiger partial charge in [-0.3, -0.25) is 4.79 Å². The highest BCUT2D eigenvalue weighted by molar-refractivity contribution is 9.10. The molecule has 0 aliphatic heterocycles. The molecule has 2 rings (SSSR count). The van der Waals surface area contributed by atoms with E-state index >= 15 is 0 Å². The van der Waals surface area contributed by atoms with Gasteiger partial charge in [-0.25, -0.2) is 0 Å². The predicted molar refractivity (Wildman–Crippen MR) is 106 cm³/mol. The van der Waals surface area contributed by atoms with Crippen LogP contribution < -0.4 is 19.5 Å². The Morgan fingerprint density at radius 3 is 2.23 bits per heavy atom. The summed E-state index contributed by atoms with van der Waals surface area (Å²) in [4.78, 5) is 12.2. The molecule has 1 atom stereocenters. The highest BCUT2D eigenvalue weighted by atomic mass is 79.9. The third-order valence-corrected chi connectivity index (χ3v) is 4.57. The molecule has 1 unspecified atom stereocenters. The van der Waals surface area contributed by atoms with Crippen LogP contribution in [0.4, 0.5) is 0 Å². The number of carbonyl (C=O) groups excluding carboxylic acids is 1. The molecule has 138 valence electrons. The fraction of sp³-hybridized carbons (Fsp3) is 0.250. The first-order chi connectivity index (χ1) is 12.5. The Bertz CT molecular complexity index is 779. The zero-order valence-corrected chi connectivity index (χ0v) is 16.8. The van der Waals surface area contributed by atoms with Gasteiger partial charge < -0.3 is 19.5 Å². The number of hydrogen-bond acceptors (Lipinski definition) is 4. The van der Waals surface area contributed by atoms with E-state index in [1.807, 2.05) is 31.2 Å². The van der Waals surface area contributed by atoms with Crippen molar-refractivity contribution >= 4 is 27.9 Å². The van der Waals surface area contributed by atoms with Gasteiger partial charge in [0.1, 0.15) is 0 Å². The van der Waals surface area contributed by atoms with E-state index in [-0.39, 0.29) is 11.9 Å². The Morgan fingerprint density at radius 1 is 1.08 bits per heavy atom. The Labute approximate surface area is 162 Å². The van der Waals surface area contributed by atoms with Gasteiger partial charge in [0, 0.05) is 10.5 Å². The zero-order chi connectivity index (χ0) is 19.1. The number of rotatable bonds is 7. The van der Waals surface area contributed by atoms with Crippen molar-refractivity contribution in [2.45, 2.75) is 13.0 Å². The molecule has 0 aromatic heterocycles. The van der Waals surface area contributed by atoms with Crippen molar-refractivity contribution in [2.75, 3.05) is 21.3 Å². The van der Waals surface area contributed by atoms with Crippen LogP contribution in [0.25, 0.3) is 6.08 Å². The molecular weight excluding hydrogens is 398 g/mol. The summed E-state index contributed by atoms with van der Waals surface area (Å²) in [6.45, 7) is 1.94. The lowest BCUT2D eigenvalue weighted by Gasteiger charge is -2.15. The highest BCUT2D eigenvalue weighted by Gasteiger charge is 2.13. The van der Waals surface area contributed by atoms with Gasteiger partial charge in [-0.2, -0.15) is 0 Å². The molecule has 0 heterocycles. The van der Waals surface area contributed by atoms with E-state index in [1.165, 1.54) is 6.08 Å². The third kappa shape index (κ3) is 4.79. The minimum absolute atomic E-state index is 0.123. The summed E-state index contributed by atoms with van der Waals surface area (Å²) in [5.74, 6) is 1.39. The normalized spacial score (nSPS) is 11.9. The standard InChI is InChI=1S/C20H22BrNO4/c1-13(15-7-5-6-8-16(15)21)22-19(23)10-9-14-11-17(24-2)20(26-4)18(12-14)25-3/h5-13H,1-4H3,(H,22,23)/b10-9+. The topological polar surface area (TPSA) is 56.8 Å². The molecule has 26 heavy (non-hydrogen) atoms. The average Bonchev–Trinajstić information content (AvgIpc) is 2.65. The molecule has 2 aromatic carbocycles. The van der Waals surface area contributed by atoms with Crippen LogP contribution in [0, 0.1) is 0 Å². The molecule has 0 bridgehead atoms. The second kappa shape index (κ2) is 9.29. The molecule has 6 heteroatoms. The number of benzene rings is 2. The van der Waals surface area contributed by atoms with Crippen molar-refractivity contribution in [3.05, 3.63) is 58.1 Å². The first-order valence-corrected chi connectivity index (χ1v) is 8.82. The second-order valence-electron chi connectivity index (χ2n) is 5.54. The van der Waals surface area contributed by atoms with Gasteiger partial charge in [-0.15, -0.1) is 0 Å². The van der Waals surface area contributed by atoms with Gasteiger partial charge in [0.2, 0.25) is 11.7 Å². The van der Waals surface area contributed by atoms with Crippen LogP contribution in [0.2, 0.25) is 0 Å².